The van der Waals surface area contributed by atoms with E-state index in [1.165, 1.54) is 0 Å². The summed E-state index contributed by atoms with van der Waals surface area (Å²) in [5.74, 6) is 0.975. The maximum absolute atomic E-state index is 12.9. The maximum atomic E-state index is 12.9. The number of likely N-dealkylation sites (tertiary alicyclic amines) is 1. The summed E-state index contributed by atoms with van der Waals surface area (Å²) < 4.78 is 0. The molecule has 0 N–H and O–H groups in total. The Morgan fingerprint density at radius 3 is 2.77 bits per heavy atom. The van der Waals surface area contributed by atoms with Crippen LogP contribution < -0.4 is 0 Å². The van der Waals surface area contributed by atoms with Gasteiger partial charge in [-0.3, -0.25) is 4.79 Å². The highest BCUT2D eigenvalue weighted by atomic mass is 16.2. The van der Waals surface area contributed by atoms with Crippen LogP contribution in [-0.4, -0.2) is 58.9 Å². The molecule has 1 aromatic heterocycles. The smallest absolute Gasteiger partial charge is 0.253 e. The number of nitrogens with zero attached hydrogens (tertiary/aromatic N) is 4. The summed E-state index contributed by atoms with van der Waals surface area (Å²) in [5.41, 5.74) is 3.56. The second-order valence-corrected chi connectivity index (χ2v) is 7.30. The number of carbonyl (C=O) groups excluding carboxylic acids is 1. The molecule has 0 bridgehead atoms. The quantitative estimate of drug-likeness (QED) is 0.829. The lowest BCUT2D eigenvalue weighted by Gasteiger charge is -2.20. The lowest BCUT2D eigenvalue weighted by molar-refractivity contribution is 0.0783. The third-order valence-electron chi connectivity index (χ3n) is 4.96. The lowest BCUT2D eigenvalue weighted by Crippen LogP contribution is -2.34. The van der Waals surface area contributed by atoms with E-state index in [0.29, 0.717) is 6.04 Å². The Labute approximate surface area is 156 Å². The van der Waals surface area contributed by atoms with Gasteiger partial charge in [-0.05, 0) is 52.1 Å². The molecule has 1 aliphatic rings. The van der Waals surface area contributed by atoms with Gasteiger partial charge in [0.15, 0.2) is 0 Å². The molecule has 1 fully saturated rings. The molecule has 5 heteroatoms. The van der Waals surface area contributed by atoms with E-state index in [4.69, 9.17) is 0 Å². The van der Waals surface area contributed by atoms with Crippen molar-refractivity contribution in [3.8, 4) is 11.3 Å². The van der Waals surface area contributed by atoms with Crippen molar-refractivity contribution in [2.45, 2.75) is 39.2 Å². The molecule has 0 unspecified atom stereocenters. The van der Waals surface area contributed by atoms with Gasteiger partial charge in [0.05, 0.1) is 5.69 Å². The van der Waals surface area contributed by atoms with Crippen LogP contribution in [0.1, 0.15) is 41.6 Å². The minimum atomic E-state index is 0.107. The minimum Gasteiger partial charge on any atom is -0.337 e. The van der Waals surface area contributed by atoms with Gasteiger partial charge in [-0.15, -0.1) is 0 Å². The summed E-state index contributed by atoms with van der Waals surface area (Å²) in [7, 11) is 4.15. The SMILES string of the molecule is CCCc1nc(C)cc(-c2cccc(C(=O)N3CC[C@@H](N(C)C)C3)c2)n1. The average Bonchev–Trinajstić information content (AvgIpc) is 3.11. The summed E-state index contributed by atoms with van der Waals surface area (Å²) in [6.45, 7) is 5.73. The number of rotatable bonds is 5. The highest BCUT2D eigenvalue weighted by molar-refractivity contribution is 5.95. The monoisotopic (exact) mass is 352 g/mol. The number of carbonyl (C=O) groups is 1. The van der Waals surface area contributed by atoms with Crippen molar-refractivity contribution in [1.29, 1.82) is 0 Å². The Morgan fingerprint density at radius 1 is 1.27 bits per heavy atom. The van der Waals surface area contributed by atoms with Crippen LogP contribution in [0.15, 0.2) is 30.3 Å². The highest BCUT2D eigenvalue weighted by Gasteiger charge is 2.28. The number of amides is 1. The van der Waals surface area contributed by atoms with E-state index in [1.807, 2.05) is 42.2 Å². The lowest BCUT2D eigenvalue weighted by atomic mass is 10.1. The summed E-state index contributed by atoms with van der Waals surface area (Å²) >= 11 is 0. The Bertz CT molecular complexity index is 787. The molecule has 2 heterocycles. The predicted molar refractivity (Wildman–Crippen MR) is 104 cm³/mol. The first kappa shape index (κ1) is 18.5. The fourth-order valence-electron chi connectivity index (χ4n) is 3.46. The van der Waals surface area contributed by atoms with Crippen LogP contribution >= 0.6 is 0 Å². The van der Waals surface area contributed by atoms with Crippen molar-refractivity contribution in [2.24, 2.45) is 0 Å². The van der Waals surface area contributed by atoms with Gasteiger partial charge in [-0.1, -0.05) is 19.1 Å². The Balaban J connectivity index is 1.84. The van der Waals surface area contributed by atoms with Crippen molar-refractivity contribution in [2.75, 3.05) is 27.2 Å². The Morgan fingerprint density at radius 2 is 2.08 bits per heavy atom. The van der Waals surface area contributed by atoms with E-state index >= 15 is 0 Å². The second kappa shape index (κ2) is 7.96. The number of aryl methyl sites for hydroxylation is 2. The zero-order chi connectivity index (χ0) is 18.7. The molecule has 3 rings (SSSR count). The largest absolute Gasteiger partial charge is 0.337 e. The van der Waals surface area contributed by atoms with E-state index in [9.17, 15) is 4.79 Å². The molecule has 0 saturated carbocycles. The van der Waals surface area contributed by atoms with Crippen LogP contribution in [0, 0.1) is 6.92 Å². The topological polar surface area (TPSA) is 49.3 Å². The molecule has 0 spiro atoms. The Hall–Kier alpha value is -2.27. The number of benzene rings is 1. The zero-order valence-electron chi connectivity index (χ0n) is 16.2. The molecule has 1 aromatic carbocycles. The van der Waals surface area contributed by atoms with E-state index in [2.05, 4.69) is 35.9 Å². The van der Waals surface area contributed by atoms with Crippen LogP contribution in [0.3, 0.4) is 0 Å². The van der Waals surface area contributed by atoms with Gasteiger partial charge in [0.25, 0.3) is 5.91 Å². The molecular weight excluding hydrogens is 324 g/mol. The van der Waals surface area contributed by atoms with Crippen molar-refractivity contribution < 1.29 is 4.79 Å². The van der Waals surface area contributed by atoms with E-state index in [0.717, 1.165) is 60.7 Å². The number of likely N-dealkylation sites (N-methyl/N-ethyl adjacent to an activating group) is 1. The molecule has 1 atom stereocenters. The highest BCUT2D eigenvalue weighted by Crippen LogP contribution is 2.22. The van der Waals surface area contributed by atoms with Crippen molar-refractivity contribution in [3.63, 3.8) is 0 Å². The minimum absolute atomic E-state index is 0.107. The molecule has 0 aliphatic carbocycles. The van der Waals surface area contributed by atoms with Gasteiger partial charge in [0.2, 0.25) is 0 Å². The standard InChI is InChI=1S/C21H28N4O/c1-5-7-20-22-15(2)12-19(23-20)16-8-6-9-17(13-16)21(26)25-11-10-18(14-25)24(3)4/h6,8-9,12-13,18H,5,7,10-11,14H2,1-4H3/t18-/m1/s1. The van der Waals surface area contributed by atoms with E-state index in [-0.39, 0.29) is 5.91 Å². The van der Waals surface area contributed by atoms with Crippen LogP contribution in [0.4, 0.5) is 0 Å². The third-order valence-corrected chi connectivity index (χ3v) is 4.96. The molecule has 0 radical (unpaired) electrons. The summed E-state index contributed by atoms with van der Waals surface area (Å²) in [5, 5.41) is 0. The molecule has 5 nitrogen and oxygen atoms in total. The molecular formula is C21H28N4O. The number of hydrogen-bond acceptors (Lipinski definition) is 4. The van der Waals surface area contributed by atoms with Gasteiger partial charge < -0.3 is 9.80 Å². The van der Waals surface area contributed by atoms with Crippen LogP contribution in [0.2, 0.25) is 0 Å². The first-order valence-corrected chi connectivity index (χ1v) is 9.38. The first-order chi connectivity index (χ1) is 12.5. The fourth-order valence-corrected chi connectivity index (χ4v) is 3.46. The van der Waals surface area contributed by atoms with E-state index in [1.54, 1.807) is 0 Å². The average molecular weight is 352 g/mol. The predicted octanol–water partition coefficient (Wildman–Crippen LogP) is 3.18. The van der Waals surface area contributed by atoms with Gasteiger partial charge in [-0.25, -0.2) is 9.97 Å². The van der Waals surface area contributed by atoms with Crippen molar-refractivity contribution in [3.05, 3.63) is 47.4 Å². The molecule has 1 aliphatic heterocycles. The molecule has 2 aromatic rings. The summed E-state index contributed by atoms with van der Waals surface area (Å²) in [6, 6.07) is 10.3. The summed E-state index contributed by atoms with van der Waals surface area (Å²) in [6.07, 6.45) is 2.92. The number of aromatic nitrogens is 2. The number of hydrogen-bond donors (Lipinski definition) is 0. The normalized spacial score (nSPS) is 17.1. The molecule has 138 valence electrons. The summed E-state index contributed by atoms with van der Waals surface area (Å²) in [4.78, 5) is 26.3. The van der Waals surface area contributed by atoms with E-state index < -0.39 is 0 Å². The Kier molecular flexibility index (Phi) is 5.67. The van der Waals surface area contributed by atoms with Crippen molar-refractivity contribution >= 4 is 5.91 Å². The maximum Gasteiger partial charge on any atom is 0.253 e. The van der Waals surface area contributed by atoms with Crippen LogP contribution in [-0.2, 0) is 6.42 Å². The fraction of sp³-hybridized carbons (Fsp3) is 0.476. The van der Waals surface area contributed by atoms with Gasteiger partial charge >= 0.3 is 0 Å². The second-order valence-electron chi connectivity index (χ2n) is 7.30. The van der Waals surface area contributed by atoms with Gasteiger partial charge in [0, 0.05) is 42.4 Å². The molecule has 1 amide bonds. The van der Waals surface area contributed by atoms with Crippen molar-refractivity contribution in [1.82, 2.24) is 19.8 Å². The van der Waals surface area contributed by atoms with Crippen LogP contribution in [0.5, 0.6) is 0 Å². The molecule has 1 saturated heterocycles. The zero-order valence-corrected chi connectivity index (χ0v) is 16.2. The first-order valence-electron chi connectivity index (χ1n) is 9.38. The molecule has 26 heavy (non-hydrogen) atoms. The van der Waals surface area contributed by atoms with Gasteiger partial charge in [-0.2, -0.15) is 0 Å². The third kappa shape index (κ3) is 4.10. The van der Waals surface area contributed by atoms with Gasteiger partial charge in [0.1, 0.15) is 5.82 Å². The van der Waals surface area contributed by atoms with Crippen LogP contribution in [0.25, 0.3) is 11.3 Å².